The molecule has 2 nitrogen and oxygen atoms in total. The van der Waals surface area contributed by atoms with Crippen LogP contribution in [-0.2, 0) is 4.79 Å². The lowest BCUT2D eigenvalue weighted by Gasteiger charge is -2.21. The standard InChI is InChI=1S/C7H14O.C2H4O/c1-6-3-2-4-7(8)5-6;1-2-3/h6-8H,2-5H2,1H3;2H,1H3/t6-,7+;/m1./s1. The molecule has 0 aliphatic heterocycles. The molecular weight excluding hydrogens is 140 g/mol. The summed E-state index contributed by atoms with van der Waals surface area (Å²) in [7, 11) is 0. The van der Waals surface area contributed by atoms with E-state index in [-0.39, 0.29) is 6.10 Å². The Morgan fingerprint density at radius 3 is 2.27 bits per heavy atom. The van der Waals surface area contributed by atoms with E-state index < -0.39 is 0 Å². The zero-order valence-corrected chi connectivity index (χ0v) is 7.42. The van der Waals surface area contributed by atoms with Crippen LogP contribution in [0.3, 0.4) is 0 Å². The van der Waals surface area contributed by atoms with Crippen molar-refractivity contribution in [1.29, 1.82) is 0 Å². The van der Waals surface area contributed by atoms with Crippen LogP contribution >= 0.6 is 0 Å². The van der Waals surface area contributed by atoms with Crippen LogP contribution in [-0.4, -0.2) is 17.5 Å². The molecule has 11 heavy (non-hydrogen) atoms. The van der Waals surface area contributed by atoms with Crippen molar-refractivity contribution in [2.24, 2.45) is 5.92 Å². The Labute approximate surface area is 68.6 Å². The maximum atomic E-state index is 9.08. The number of carbonyl (C=O) groups excluding carboxylic acids is 1. The van der Waals surface area contributed by atoms with Gasteiger partial charge in [0.25, 0.3) is 0 Å². The first kappa shape index (κ1) is 10.6. The summed E-state index contributed by atoms with van der Waals surface area (Å²) < 4.78 is 0. The topological polar surface area (TPSA) is 37.3 Å². The molecule has 0 unspecified atom stereocenters. The SMILES string of the molecule is CC=O.C[C@@H]1CCC[C@H](O)C1. The predicted octanol–water partition coefficient (Wildman–Crippen LogP) is 1.76. The molecule has 0 aromatic rings. The van der Waals surface area contributed by atoms with Gasteiger partial charge < -0.3 is 9.90 Å². The van der Waals surface area contributed by atoms with E-state index in [1.54, 1.807) is 0 Å². The van der Waals surface area contributed by atoms with Crippen LogP contribution in [0, 0.1) is 5.92 Å². The lowest BCUT2D eigenvalue weighted by Crippen LogP contribution is -2.16. The first-order valence-corrected chi connectivity index (χ1v) is 4.28. The summed E-state index contributed by atoms with van der Waals surface area (Å²) in [5.74, 6) is 0.763. The number of aliphatic hydroxyl groups is 1. The number of aldehydes is 1. The third kappa shape index (κ3) is 6.05. The summed E-state index contributed by atoms with van der Waals surface area (Å²) in [5.41, 5.74) is 0. The van der Waals surface area contributed by atoms with E-state index in [0.717, 1.165) is 25.0 Å². The van der Waals surface area contributed by atoms with Crippen molar-refractivity contribution in [3.05, 3.63) is 0 Å². The fourth-order valence-corrected chi connectivity index (χ4v) is 1.40. The van der Waals surface area contributed by atoms with Gasteiger partial charge in [0.15, 0.2) is 0 Å². The van der Waals surface area contributed by atoms with Gasteiger partial charge in [-0.25, -0.2) is 0 Å². The third-order valence-electron chi connectivity index (χ3n) is 1.91. The summed E-state index contributed by atoms with van der Waals surface area (Å²) in [6.45, 7) is 3.66. The van der Waals surface area contributed by atoms with E-state index in [4.69, 9.17) is 9.90 Å². The number of hydrogen-bond acceptors (Lipinski definition) is 2. The third-order valence-corrected chi connectivity index (χ3v) is 1.91. The molecule has 1 N–H and O–H groups in total. The molecule has 0 heterocycles. The highest BCUT2D eigenvalue weighted by molar-refractivity contribution is 5.44. The van der Waals surface area contributed by atoms with Crippen molar-refractivity contribution in [3.8, 4) is 0 Å². The molecule has 0 bridgehead atoms. The van der Waals surface area contributed by atoms with Crippen molar-refractivity contribution in [1.82, 2.24) is 0 Å². The van der Waals surface area contributed by atoms with Crippen molar-refractivity contribution >= 4 is 6.29 Å². The summed E-state index contributed by atoms with van der Waals surface area (Å²) in [4.78, 5) is 8.81. The molecule has 0 aromatic heterocycles. The quantitative estimate of drug-likeness (QED) is 0.545. The van der Waals surface area contributed by atoms with Gasteiger partial charge in [0.1, 0.15) is 6.29 Å². The Balaban J connectivity index is 0.000000292. The Morgan fingerprint density at radius 1 is 1.45 bits per heavy atom. The highest BCUT2D eigenvalue weighted by Crippen LogP contribution is 2.22. The van der Waals surface area contributed by atoms with Crippen LogP contribution in [0.4, 0.5) is 0 Å². The second-order valence-electron chi connectivity index (χ2n) is 3.16. The van der Waals surface area contributed by atoms with Crippen molar-refractivity contribution in [2.45, 2.75) is 45.6 Å². The van der Waals surface area contributed by atoms with E-state index in [1.807, 2.05) is 0 Å². The van der Waals surface area contributed by atoms with Crippen molar-refractivity contribution < 1.29 is 9.90 Å². The van der Waals surface area contributed by atoms with E-state index in [0.29, 0.717) is 0 Å². The van der Waals surface area contributed by atoms with Gasteiger partial charge in [0.05, 0.1) is 6.10 Å². The summed E-state index contributed by atoms with van der Waals surface area (Å²) in [5, 5.41) is 9.08. The van der Waals surface area contributed by atoms with Gasteiger partial charge >= 0.3 is 0 Å². The second-order valence-corrected chi connectivity index (χ2v) is 3.16. The van der Waals surface area contributed by atoms with E-state index in [9.17, 15) is 0 Å². The molecule has 0 radical (unpaired) electrons. The molecule has 1 fully saturated rings. The van der Waals surface area contributed by atoms with Crippen molar-refractivity contribution in [3.63, 3.8) is 0 Å². The smallest absolute Gasteiger partial charge is 0.116 e. The van der Waals surface area contributed by atoms with Crippen LogP contribution in [0.5, 0.6) is 0 Å². The molecular formula is C9H18O2. The fourth-order valence-electron chi connectivity index (χ4n) is 1.40. The molecule has 66 valence electrons. The summed E-state index contributed by atoms with van der Waals surface area (Å²) >= 11 is 0. The van der Waals surface area contributed by atoms with E-state index >= 15 is 0 Å². The Hall–Kier alpha value is -0.370. The molecule has 2 atom stereocenters. The average molecular weight is 158 g/mol. The first-order chi connectivity index (χ1) is 5.20. The van der Waals surface area contributed by atoms with Gasteiger partial charge in [0.2, 0.25) is 0 Å². The van der Waals surface area contributed by atoms with Crippen LogP contribution in [0.1, 0.15) is 39.5 Å². The van der Waals surface area contributed by atoms with Crippen LogP contribution in [0.25, 0.3) is 0 Å². The second kappa shape index (κ2) is 6.35. The van der Waals surface area contributed by atoms with Crippen LogP contribution < -0.4 is 0 Å². The summed E-state index contributed by atoms with van der Waals surface area (Å²) in [6, 6.07) is 0. The maximum absolute atomic E-state index is 9.08. The number of carbonyl (C=O) groups is 1. The lowest BCUT2D eigenvalue weighted by molar-refractivity contribution is -0.106. The predicted molar refractivity (Wildman–Crippen MR) is 45.4 cm³/mol. The molecule has 0 saturated heterocycles. The van der Waals surface area contributed by atoms with Crippen LogP contribution in [0.15, 0.2) is 0 Å². The zero-order chi connectivity index (χ0) is 8.69. The van der Waals surface area contributed by atoms with Gasteiger partial charge in [-0.05, 0) is 25.7 Å². The molecule has 1 aliphatic carbocycles. The Bertz CT molecular complexity index is 93.7. The molecule has 0 aromatic carbocycles. The summed E-state index contributed by atoms with van der Waals surface area (Å²) in [6.07, 6.45) is 5.36. The Kier molecular flexibility index (Phi) is 6.13. The van der Waals surface area contributed by atoms with Gasteiger partial charge in [0, 0.05) is 0 Å². The maximum Gasteiger partial charge on any atom is 0.116 e. The van der Waals surface area contributed by atoms with Gasteiger partial charge in [-0.15, -0.1) is 0 Å². The van der Waals surface area contributed by atoms with Gasteiger partial charge in [-0.2, -0.15) is 0 Å². The number of aliphatic hydroxyl groups excluding tert-OH is 1. The molecule has 0 spiro atoms. The lowest BCUT2D eigenvalue weighted by atomic mass is 9.89. The Morgan fingerprint density at radius 2 is 2.00 bits per heavy atom. The zero-order valence-electron chi connectivity index (χ0n) is 7.42. The van der Waals surface area contributed by atoms with E-state index in [2.05, 4.69) is 6.92 Å². The largest absolute Gasteiger partial charge is 0.393 e. The number of hydrogen-bond donors (Lipinski definition) is 1. The van der Waals surface area contributed by atoms with Crippen LogP contribution in [0.2, 0.25) is 0 Å². The van der Waals surface area contributed by atoms with Gasteiger partial charge in [-0.3, -0.25) is 0 Å². The minimum Gasteiger partial charge on any atom is -0.393 e. The fraction of sp³-hybridized carbons (Fsp3) is 0.889. The molecule has 0 amide bonds. The molecule has 1 saturated carbocycles. The van der Waals surface area contributed by atoms with Gasteiger partial charge in [-0.1, -0.05) is 19.8 Å². The first-order valence-electron chi connectivity index (χ1n) is 4.28. The van der Waals surface area contributed by atoms with Crippen molar-refractivity contribution in [2.75, 3.05) is 0 Å². The normalized spacial score (nSPS) is 30.1. The molecule has 2 heteroatoms. The minimum atomic E-state index is 0.0127. The molecule has 1 rings (SSSR count). The number of rotatable bonds is 0. The average Bonchev–Trinajstić information content (AvgIpc) is 1.88. The highest BCUT2D eigenvalue weighted by Gasteiger charge is 2.15. The van der Waals surface area contributed by atoms with E-state index in [1.165, 1.54) is 19.8 Å². The molecule has 1 aliphatic rings. The monoisotopic (exact) mass is 158 g/mol. The highest BCUT2D eigenvalue weighted by atomic mass is 16.3. The minimum absolute atomic E-state index is 0.0127.